The number of carbonyl (C=O) groups is 3. The highest BCUT2D eigenvalue weighted by molar-refractivity contribution is 6.32. The molecule has 2 fully saturated rings. The van der Waals surface area contributed by atoms with E-state index in [0.717, 1.165) is 32.4 Å². The normalized spacial score (nSPS) is 21.7. The molecule has 5 N–H and O–H groups in total. The average molecular weight is 524 g/mol. The molecule has 200 valence electrons. The summed E-state index contributed by atoms with van der Waals surface area (Å²) in [6.45, 7) is 1.60. The molecular formula is C28H30FN3O6. The van der Waals surface area contributed by atoms with Crippen molar-refractivity contribution in [3.8, 4) is 0 Å². The van der Waals surface area contributed by atoms with E-state index in [1.165, 1.54) is 24.3 Å². The zero-order valence-electron chi connectivity index (χ0n) is 21.0. The number of aromatic carboxylic acids is 1. The van der Waals surface area contributed by atoms with Crippen LogP contribution in [0, 0.1) is 11.2 Å². The minimum Gasteiger partial charge on any atom is -0.511 e. The molecule has 1 unspecified atom stereocenters. The summed E-state index contributed by atoms with van der Waals surface area (Å²) < 4.78 is 14.6. The zero-order valence-corrected chi connectivity index (χ0v) is 21.0. The van der Waals surface area contributed by atoms with Gasteiger partial charge in [0.25, 0.3) is 6.47 Å². The molecule has 0 aromatic heterocycles. The molecule has 10 heteroatoms. The van der Waals surface area contributed by atoms with Gasteiger partial charge >= 0.3 is 5.97 Å². The van der Waals surface area contributed by atoms with Gasteiger partial charge in [-0.1, -0.05) is 12.1 Å². The second-order valence-electron chi connectivity index (χ2n) is 9.75. The second-order valence-corrected chi connectivity index (χ2v) is 9.75. The van der Waals surface area contributed by atoms with E-state index in [0.29, 0.717) is 28.1 Å². The molecular weight excluding hydrogens is 493 g/mol. The fraction of sp³-hybridized carbons (Fsp3) is 0.357. The highest BCUT2D eigenvalue weighted by Gasteiger charge is 2.54. The lowest BCUT2D eigenvalue weighted by Gasteiger charge is -2.25. The molecule has 1 aliphatic heterocycles. The molecule has 1 heterocycles. The summed E-state index contributed by atoms with van der Waals surface area (Å²) in [7, 11) is 1.69. The number of rotatable bonds is 5. The number of carbonyl (C=O) groups excluding carboxylic acids is 1. The van der Waals surface area contributed by atoms with Crippen LogP contribution in [0.25, 0.3) is 0 Å². The lowest BCUT2D eigenvalue weighted by Crippen LogP contribution is -2.31. The number of aliphatic hydroxyl groups is 1. The van der Waals surface area contributed by atoms with Crippen molar-refractivity contribution in [1.29, 1.82) is 0 Å². The molecule has 1 atom stereocenters. The Morgan fingerprint density at radius 1 is 1.21 bits per heavy atom. The number of nitrogens with zero attached hydrogens (tertiary/aromatic N) is 1. The van der Waals surface area contributed by atoms with Crippen LogP contribution in [0.2, 0.25) is 0 Å². The van der Waals surface area contributed by atoms with Crippen LogP contribution in [0.3, 0.4) is 0 Å². The van der Waals surface area contributed by atoms with Crippen LogP contribution in [0.15, 0.2) is 52.7 Å². The van der Waals surface area contributed by atoms with E-state index >= 15 is 0 Å². The van der Waals surface area contributed by atoms with E-state index in [9.17, 15) is 19.1 Å². The Kier molecular flexibility index (Phi) is 7.91. The molecule has 2 aliphatic carbocycles. The number of hydrogen-bond donors (Lipinski definition) is 5. The van der Waals surface area contributed by atoms with E-state index in [4.69, 9.17) is 20.0 Å². The predicted molar refractivity (Wildman–Crippen MR) is 140 cm³/mol. The summed E-state index contributed by atoms with van der Waals surface area (Å²) in [6, 6.07) is 8.94. The minimum absolute atomic E-state index is 0.0253. The average Bonchev–Trinajstić information content (AvgIpc) is 3.54. The summed E-state index contributed by atoms with van der Waals surface area (Å²) in [5.41, 5.74) is 3.14. The quantitative estimate of drug-likeness (QED) is 0.228. The third kappa shape index (κ3) is 5.45. The molecule has 0 amide bonds. The third-order valence-electron chi connectivity index (χ3n) is 7.48. The Hall–Kier alpha value is -4.05. The number of aliphatic hydroxyl groups excluding tert-OH is 1. The highest BCUT2D eigenvalue weighted by Crippen LogP contribution is 2.55. The van der Waals surface area contributed by atoms with Crippen LogP contribution in [0.1, 0.15) is 46.3 Å². The van der Waals surface area contributed by atoms with Crippen molar-refractivity contribution in [3.05, 3.63) is 75.8 Å². The van der Waals surface area contributed by atoms with Gasteiger partial charge in [-0.05, 0) is 73.2 Å². The van der Waals surface area contributed by atoms with Gasteiger partial charge < -0.3 is 26.0 Å². The van der Waals surface area contributed by atoms with Gasteiger partial charge in [-0.15, -0.1) is 0 Å². The number of aliphatic imine (C=N–C) groups is 1. The molecule has 2 aromatic carbocycles. The van der Waals surface area contributed by atoms with E-state index in [2.05, 4.69) is 10.6 Å². The smallest absolute Gasteiger partial charge is 0.335 e. The van der Waals surface area contributed by atoms with Crippen LogP contribution in [-0.2, 0) is 22.4 Å². The zero-order chi connectivity index (χ0) is 27.4. The number of anilines is 1. The van der Waals surface area contributed by atoms with Crippen molar-refractivity contribution >= 4 is 29.6 Å². The van der Waals surface area contributed by atoms with Crippen LogP contribution in [0.5, 0.6) is 0 Å². The largest absolute Gasteiger partial charge is 0.511 e. The van der Waals surface area contributed by atoms with E-state index in [1.807, 2.05) is 0 Å². The minimum atomic E-state index is -1.04. The summed E-state index contributed by atoms with van der Waals surface area (Å²) in [5, 5.41) is 33.5. The van der Waals surface area contributed by atoms with Crippen molar-refractivity contribution < 1.29 is 34.1 Å². The van der Waals surface area contributed by atoms with Gasteiger partial charge in [-0.2, -0.15) is 0 Å². The number of benzene rings is 2. The number of allylic oxidation sites excluding steroid dienone is 2. The van der Waals surface area contributed by atoms with E-state index < -0.39 is 11.8 Å². The Labute approximate surface area is 219 Å². The highest BCUT2D eigenvalue weighted by atomic mass is 19.1. The molecule has 1 saturated heterocycles. The maximum atomic E-state index is 14.6. The number of hydrogen-bond acceptors (Lipinski definition) is 7. The van der Waals surface area contributed by atoms with Crippen LogP contribution in [0.4, 0.5) is 10.1 Å². The number of carboxylic acid groups (broad SMARTS) is 2. The van der Waals surface area contributed by atoms with Crippen LogP contribution in [-0.4, -0.2) is 65.4 Å². The summed E-state index contributed by atoms with van der Waals surface area (Å²) >= 11 is 0. The van der Waals surface area contributed by atoms with E-state index in [-0.39, 0.29) is 53.4 Å². The fourth-order valence-corrected chi connectivity index (χ4v) is 5.38. The molecule has 1 spiro atoms. The van der Waals surface area contributed by atoms with Crippen molar-refractivity contribution in [2.45, 2.75) is 38.1 Å². The molecule has 0 radical (unpaired) electrons. The standard InChI is InChI=1S/C27H28FN3O4.CH2O2/c1-29-20-12-17(28)11-19-18(20)13-22(33)24(21(32)10-15-2-4-16(5-3-15)26(34)35)25(19)31-23-14-27(23)6-8-30-9-7-27;2-1-3/h2-5,11-12,23,29-30,32H,6-10,13-14H2,1H3,(H,34,35);1H,(H,2,3). The van der Waals surface area contributed by atoms with Gasteiger partial charge in [0.2, 0.25) is 0 Å². The maximum absolute atomic E-state index is 14.6. The lowest BCUT2D eigenvalue weighted by molar-refractivity contribution is -0.123. The van der Waals surface area contributed by atoms with Crippen molar-refractivity contribution in [2.75, 3.05) is 25.5 Å². The maximum Gasteiger partial charge on any atom is 0.335 e. The van der Waals surface area contributed by atoms with Crippen molar-refractivity contribution in [1.82, 2.24) is 5.32 Å². The number of Topliss-reactive ketones (excluding diaryl/α,β-unsaturated/α-hetero) is 1. The number of ketones is 1. The van der Waals surface area contributed by atoms with Gasteiger partial charge in [0, 0.05) is 31.1 Å². The molecule has 1 saturated carbocycles. The summed E-state index contributed by atoms with van der Waals surface area (Å²) in [5.74, 6) is -1.88. The first-order chi connectivity index (χ1) is 18.2. The van der Waals surface area contributed by atoms with Crippen molar-refractivity contribution in [3.63, 3.8) is 0 Å². The van der Waals surface area contributed by atoms with Gasteiger partial charge in [0.15, 0.2) is 5.78 Å². The van der Waals surface area contributed by atoms with Crippen LogP contribution < -0.4 is 10.6 Å². The Balaban J connectivity index is 0.00000107. The Bertz CT molecular complexity index is 1310. The Morgan fingerprint density at radius 2 is 1.87 bits per heavy atom. The molecule has 3 aliphatic rings. The first kappa shape index (κ1) is 27.0. The monoisotopic (exact) mass is 523 g/mol. The third-order valence-corrected chi connectivity index (χ3v) is 7.48. The Morgan fingerprint density at radius 3 is 2.47 bits per heavy atom. The molecule has 0 bridgehead atoms. The number of fused-ring (bicyclic) bond motifs is 1. The first-order valence-corrected chi connectivity index (χ1v) is 12.4. The van der Waals surface area contributed by atoms with Gasteiger partial charge in [0.1, 0.15) is 11.6 Å². The fourth-order valence-electron chi connectivity index (χ4n) is 5.38. The van der Waals surface area contributed by atoms with Crippen LogP contribution >= 0.6 is 0 Å². The molecule has 5 rings (SSSR count). The lowest BCUT2D eigenvalue weighted by atomic mass is 9.82. The van der Waals surface area contributed by atoms with Crippen molar-refractivity contribution in [2.24, 2.45) is 10.4 Å². The number of nitrogens with one attached hydrogen (secondary N) is 2. The molecule has 9 nitrogen and oxygen atoms in total. The summed E-state index contributed by atoms with van der Waals surface area (Å²) in [4.78, 5) is 37.9. The second kappa shape index (κ2) is 11.1. The SMILES string of the molecule is CNc1cc(F)cc2c1CC(=O)C(=C(O)Cc1ccc(C(=O)O)cc1)C2=NC1CC12CCNCC2.O=CO. The number of piperidine rings is 1. The number of carboxylic acids is 1. The number of halogens is 1. The van der Waals surface area contributed by atoms with E-state index in [1.54, 1.807) is 19.2 Å². The summed E-state index contributed by atoms with van der Waals surface area (Å²) in [6.07, 6.45) is 2.99. The van der Waals surface area contributed by atoms with Gasteiger partial charge in [-0.25, -0.2) is 9.18 Å². The van der Waals surface area contributed by atoms with Gasteiger partial charge in [0.05, 0.1) is 22.9 Å². The van der Waals surface area contributed by atoms with Gasteiger partial charge in [-0.3, -0.25) is 14.6 Å². The first-order valence-electron chi connectivity index (χ1n) is 12.4. The topological polar surface area (TPSA) is 148 Å². The molecule has 38 heavy (non-hydrogen) atoms. The molecule has 2 aromatic rings. The predicted octanol–water partition coefficient (Wildman–Crippen LogP) is 3.38.